The molecular weight excluding hydrogens is 446 g/mol. The van der Waals surface area contributed by atoms with Crippen molar-refractivity contribution in [3.63, 3.8) is 0 Å². The first kappa shape index (κ1) is 21.9. The van der Waals surface area contributed by atoms with Crippen molar-refractivity contribution < 1.29 is 9.59 Å². The van der Waals surface area contributed by atoms with E-state index in [9.17, 15) is 9.59 Å². The van der Waals surface area contributed by atoms with Gasteiger partial charge in [0.1, 0.15) is 11.5 Å². The number of aromatic amines is 1. The van der Waals surface area contributed by atoms with Crippen molar-refractivity contribution in [3.8, 4) is 11.8 Å². The van der Waals surface area contributed by atoms with Gasteiger partial charge in [-0.15, -0.1) is 11.3 Å². The Balaban J connectivity index is 1.13. The van der Waals surface area contributed by atoms with Crippen LogP contribution in [-0.4, -0.2) is 44.8 Å². The van der Waals surface area contributed by atoms with E-state index in [2.05, 4.69) is 32.1 Å². The molecule has 8 heteroatoms. The number of benzene rings is 2. The Labute approximate surface area is 201 Å². The summed E-state index contributed by atoms with van der Waals surface area (Å²) in [6.07, 6.45) is 1.62. The van der Waals surface area contributed by atoms with Crippen LogP contribution in [0.2, 0.25) is 0 Å². The van der Waals surface area contributed by atoms with Crippen LogP contribution in [0.4, 0.5) is 0 Å². The Bertz CT molecular complexity index is 1340. The molecule has 0 atom stereocenters. The Morgan fingerprint density at radius 2 is 1.82 bits per heavy atom. The van der Waals surface area contributed by atoms with Crippen molar-refractivity contribution in [1.29, 1.82) is 0 Å². The number of nitrogens with zero attached hydrogens (tertiary/aromatic N) is 3. The molecule has 0 bridgehead atoms. The summed E-state index contributed by atoms with van der Waals surface area (Å²) in [7, 11) is 0. The van der Waals surface area contributed by atoms with Gasteiger partial charge in [-0.1, -0.05) is 36.3 Å². The zero-order chi connectivity index (χ0) is 23.3. The van der Waals surface area contributed by atoms with Gasteiger partial charge in [-0.25, -0.2) is 9.97 Å². The van der Waals surface area contributed by atoms with Gasteiger partial charge in [-0.2, -0.15) is 0 Å². The second kappa shape index (κ2) is 9.89. The number of hydrogen-bond acceptors (Lipinski definition) is 5. The quantitative estimate of drug-likeness (QED) is 0.446. The Hall–Kier alpha value is -3.96. The van der Waals surface area contributed by atoms with Crippen molar-refractivity contribution in [2.24, 2.45) is 0 Å². The summed E-state index contributed by atoms with van der Waals surface area (Å²) in [4.78, 5) is 39.1. The minimum atomic E-state index is -0.216. The third-order valence-electron chi connectivity index (χ3n) is 5.83. The van der Waals surface area contributed by atoms with Crippen LogP contribution in [0.25, 0.3) is 11.0 Å². The molecule has 1 saturated heterocycles. The number of rotatable bonds is 4. The van der Waals surface area contributed by atoms with Gasteiger partial charge >= 0.3 is 0 Å². The number of carbonyl (C=O) groups is 2. The number of amides is 2. The van der Waals surface area contributed by atoms with Crippen LogP contribution in [0.1, 0.15) is 45.6 Å². The van der Waals surface area contributed by atoms with Crippen molar-refractivity contribution in [2.45, 2.75) is 25.3 Å². The van der Waals surface area contributed by atoms with Gasteiger partial charge in [0, 0.05) is 35.9 Å². The van der Waals surface area contributed by atoms with Crippen molar-refractivity contribution >= 4 is 34.2 Å². The van der Waals surface area contributed by atoms with Crippen LogP contribution in [0.5, 0.6) is 0 Å². The Morgan fingerprint density at radius 3 is 2.62 bits per heavy atom. The highest BCUT2D eigenvalue weighted by atomic mass is 32.1. The molecule has 5 rings (SSSR count). The van der Waals surface area contributed by atoms with Crippen LogP contribution in [0.15, 0.2) is 60.0 Å². The SMILES string of the molecule is O=C(NCc1nc2ccccc2[nH]1)c1csc(C2CCN(C(=O)C#Cc3ccccc3)CC2)n1. The second-order valence-electron chi connectivity index (χ2n) is 8.14. The molecule has 170 valence electrons. The van der Waals surface area contributed by atoms with E-state index < -0.39 is 0 Å². The van der Waals surface area contributed by atoms with E-state index in [0.717, 1.165) is 34.4 Å². The minimum Gasteiger partial charge on any atom is -0.343 e. The van der Waals surface area contributed by atoms with Crippen molar-refractivity contribution in [2.75, 3.05) is 13.1 Å². The fourth-order valence-corrected chi connectivity index (χ4v) is 4.95. The molecule has 2 N–H and O–H groups in total. The molecule has 2 aromatic carbocycles. The van der Waals surface area contributed by atoms with Gasteiger partial charge in [-0.3, -0.25) is 9.59 Å². The van der Waals surface area contributed by atoms with Crippen LogP contribution < -0.4 is 5.32 Å². The number of piperidine rings is 1. The van der Waals surface area contributed by atoms with Gasteiger partial charge < -0.3 is 15.2 Å². The number of fused-ring (bicyclic) bond motifs is 1. The lowest BCUT2D eigenvalue weighted by Crippen LogP contribution is -2.37. The molecule has 0 saturated carbocycles. The molecule has 2 aromatic heterocycles. The topological polar surface area (TPSA) is 91.0 Å². The molecule has 1 fully saturated rings. The van der Waals surface area contributed by atoms with E-state index in [4.69, 9.17) is 0 Å². The number of imidazole rings is 1. The summed E-state index contributed by atoms with van der Waals surface area (Å²) in [5.74, 6) is 6.26. The maximum absolute atomic E-state index is 12.6. The number of hydrogen-bond donors (Lipinski definition) is 2. The highest BCUT2D eigenvalue weighted by molar-refractivity contribution is 7.09. The van der Waals surface area contributed by atoms with E-state index in [1.54, 1.807) is 10.3 Å². The highest BCUT2D eigenvalue weighted by Gasteiger charge is 2.25. The lowest BCUT2D eigenvalue weighted by molar-refractivity contribution is -0.126. The molecule has 4 aromatic rings. The molecular formula is C26H23N5O2S. The number of aromatic nitrogens is 3. The molecule has 1 aliphatic rings. The first-order valence-corrected chi connectivity index (χ1v) is 12.1. The number of H-pyrrole nitrogens is 1. The standard InChI is InChI=1S/C26H23N5O2S/c32-24(11-10-18-6-2-1-3-7-18)31-14-12-19(13-15-31)26-30-22(17-34-26)25(33)27-16-23-28-20-8-4-5-9-21(20)29-23/h1-9,17,19H,12-16H2,(H,27,33)(H,28,29). The third-order valence-corrected chi connectivity index (χ3v) is 6.84. The Morgan fingerprint density at radius 1 is 1.06 bits per heavy atom. The van der Waals surface area contributed by atoms with E-state index in [1.807, 2.05) is 54.6 Å². The normalized spacial score (nSPS) is 13.9. The van der Waals surface area contributed by atoms with Gasteiger partial charge in [0.25, 0.3) is 11.8 Å². The average molecular weight is 470 g/mol. The maximum Gasteiger partial charge on any atom is 0.298 e. The van der Waals surface area contributed by atoms with Gasteiger partial charge in [0.05, 0.1) is 22.6 Å². The number of likely N-dealkylation sites (tertiary alicyclic amines) is 1. The minimum absolute atomic E-state index is 0.146. The van der Waals surface area contributed by atoms with Gasteiger partial charge in [0.2, 0.25) is 0 Å². The zero-order valence-electron chi connectivity index (χ0n) is 18.5. The lowest BCUT2D eigenvalue weighted by Gasteiger charge is -2.29. The lowest BCUT2D eigenvalue weighted by atomic mass is 9.97. The molecule has 0 radical (unpaired) electrons. The summed E-state index contributed by atoms with van der Waals surface area (Å²) in [5.41, 5.74) is 3.07. The van der Waals surface area contributed by atoms with E-state index >= 15 is 0 Å². The molecule has 34 heavy (non-hydrogen) atoms. The Kier molecular flexibility index (Phi) is 6.36. The molecule has 0 aliphatic carbocycles. The maximum atomic E-state index is 12.6. The van der Waals surface area contributed by atoms with E-state index in [0.29, 0.717) is 31.2 Å². The fraction of sp³-hybridized carbons (Fsp3) is 0.231. The van der Waals surface area contributed by atoms with E-state index in [1.165, 1.54) is 11.3 Å². The largest absolute Gasteiger partial charge is 0.343 e. The molecule has 7 nitrogen and oxygen atoms in total. The average Bonchev–Trinajstić information content (AvgIpc) is 3.54. The number of carbonyl (C=O) groups excluding carboxylic acids is 2. The molecule has 3 heterocycles. The first-order valence-electron chi connectivity index (χ1n) is 11.2. The molecule has 0 unspecified atom stereocenters. The summed E-state index contributed by atoms with van der Waals surface area (Å²) in [6.45, 7) is 1.59. The van der Waals surface area contributed by atoms with Crippen LogP contribution in [-0.2, 0) is 11.3 Å². The van der Waals surface area contributed by atoms with Crippen LogP contribution in [0, 0.1) is 11.8 Å². The fourth-order valence-electron chi connectivity index (χ4n) is 3.98. The zero-order valence-corrected chi connectivity index (χ0v) is 19.3. The molecule has 1 aliphatic heterocycles. The smallest absolute Gasteiger partial charge is 0.298 e. The summed E-state index contributed by atoms with van der Waals surface area (Å²) < 4.78 is 0. The molecule has 0 spiro atoms. The van der Waals surface area contributed by atoms with Gasteiger partial charge in [-0.05, 0) is 37.1 Å². The van der Waals surface area contributed by atoms with Crippen molar-refractivity contribution in [3.05, 3.63) is 82.1 Å². The van der Waals surface area contributed by atoms with Crippen LogP contribution in [0.3, 0.4) is 0 Å². The molecule has 2 amide bonds. The number of para-hydroxylation sites is 2. The summed E-state index contributed by atoms with van der Waals surface area (Å²) in [6, 6.07) is 17.3. The predicted molar refractivity (Wildman–Crippen MR) is 131 cm³/mol. The summed E-state index contributed by atoms with van der Waals surface area (Å²) in [5, 5.41) is 5.62. The third kappa shape index (κ3) is 5.00. The monoisotopic (exact) mass is 469 g/mol. The summed E-state index contributed by atoms with van der Waals surface area (Å²) >= 11 is 1.50. The van der Waals surface area contributed by atoms with Gasteiger partial charge in [0.15, 0.2) is 0 Å². The number of thiazole rings is 1. The van der Waals surface area contributed by atoms with Crippen LogP contribution >= 0.6 is 11.3 Å². The number of nitrogens with one attached hydrogen (secondary N) is 2. The second-order valence-corrected chi connectivity index (χ2v) is 9.03. The first-order chi connectivity index (χ1) is 16.7. The van der Waals surface area contributed by atoms with Crippen molar-refractivity contribution in [1.82, 2.24) is 25.2 Å². The highest BCUT2D eigenvalue weighted by Crippen LogP contribution is 2.30. The van der Waals surface area contributed by atoms with E-state index in [-0.39, 0.29) is 17.7 Å². The predicted octanol–water partition coefficient (Wildman–Crippen LogP) is 3.71.